The van der Waals surface area contributed by atoms with Crippen molar-refractivity contribution >= 4 is 23.6 Å². The molecular formula is C15H26N2O3S. The van der Waals surface area contributed by atoms with E-state index in [4.69, 9.17) is 4.74 Å². The molecule has 1 atom stereocenters. The molecule has 0 N–H and O–H groups in total. The molecule has 5 nitrogen and oxygen atoms in total. The Bertz CT molecular complexity index is 383. The van der Waals surface area contributed by atoms with Crippen LogP contribution in [0.1, 0.15) is 32.6 Å². The summed E-state index contributed by atoms with van der Waals surface area (Å²) < 4.78 is 5.65. The molecule has 2 heterocycles. The van der Waals surface area contributed by atoms with Gasteiger partial charge in [-0.2, -0.15) is 11.8 Å². The molecule has 120 valence electrons. The fraction of sp³-hybridized carbons (Fsp3) is 0.867. The van der Waals surface area contributed by atoms with E-state index in [9.17, 15) is 9.59 Å². The van der Waals surface area contributed by atoms with E-state index in [1.807, 2.05) is 23.0 Å². The summed E-state index contributed by atoms with van der Waals surface area (Å²) >= 11 is 1.69. The van der Waals surface area contributed by atoms with Gasteiger partial charge in [-0.05, 0) is 32.4 Å². The number of hydrogen-bond donors (Lipinski definition) is 0. The number of rotatable bonds is 4. The van der Waals surface area contributed by atoms with Gasteiger partial charge in [-0.1, -0.05) is 0 Å². The van der Waals surface area contributed by atoms with E-state index < -0.39 is 5.60 Å². The van der Waals surface area contributed by atoms with Crippen molar-refractivity contribution in [3.8, 4) is 0 Å². The number of hydrogen-bond acceptors (Lipinski definition) is 4. The van der Waals surface area contributed by atoms with Crippen molar-refractivity contribution in [1.82, 2.24) is 9.80 Å². The van der Waals surface area contributed by atoms with Crippen molar-refractivity contribution in [2.45, 2.75) is 38.2 Å². The van der Waals surface area contributed by atoms with Crippen molar-refractivity contribution in [1.29, 1.82) is 0 Å². The lowest BCUT2D eigenvalue weighted by molar-refractivity contribution is -0.151. The Morgan fingerprint density at radius 3 is 2.52 bits per heavy atom. The second-order valence-corrected chi connectivity index (χ2v) is 6.94. The molecule has 6 heteroatoms. The van der Waals surface area contributed by atoms with Crippen LogP contribution in [0, 0.1) is 0 Å². The molecule has 2 amide bonds. The van der Waals surface area contributed by atoms with Crippen LogP contribution >= 0.6 is 11.8 Å². The fourth-order valence-electron chi connectivity index (χ4n) is 3.00. The highest BCUT2D eigenvalue weighted by Gasteiger charge is 2.40. The Morgan fingerprint density at radius 1 is 1.14 bits per heavy atom. The quantitative estimate of drug-likeness (QED) is 0.786. The van der Waals surface area contributed by atoms with Crippen LogP contribution in [0.15, 0.2) is 0 Å². The first-order valence-corrected chi connectivity index (χ1v) is 9.16. The van der Waals surface area contributed by atoms with Gasteiger partial charge in [0.25, 0.3) is 5.91 Å². The smallest absolute Gasteiger partial charge is 0.254 e. The van der Waals surface area contributed by atoms with Gasteiger partial charge in [-0.25, -0.2) is 0 Å². The Labute approximate surface area is 131 Å². The Balaban J connectivity index is 1.88. The molecule has 2 aliphatic rings. The van der Waals surface area contributed by atoms with Crippen LogP contribution in [0.3, 0.4) is 0 Å². The van der Waals surface area contributed by atoms with Crippen molar-refractivity contribution in [2.24, 2.45) is 0 Å². The number of amides is 2. The first-order valence-electron chi connectivity index (χ1n) is 7.77. The summed E-state index contributed by atoms with van der Waals surface area (Å²) in [6.45, 7) is 5.33. The maximum atomic E-state index is 12.6. The van der Waals surface area contributed by atoms with Crippen molar-refractivity contribution in [3.63, 3.8) is 0 Å². The van der Waals surface area contributed by atoms with Gasteiger partial charge in [0.1, 0.15) is 5.60 Å². The molecule has 2 rings (SSSR count). The van der Waals surface area contributed by atoms with E-state index in [0.29, 0.717) is 26.1 Å². The molecule has 0 aromatic carbocycles. The van der Waals surface area contributed by atoms with E-state index in [1.54, 1.807) is 11.8 Å². The van der Waals surface area contributed by atoms with Gasteiger partial charge >= 0.3 is 0 Å². The topological polar surface area (TPSA) is 49.9 Å². The van der Waals surface area contributed by atoms with Gasteiger partial charge in [0.15, 0.2) is 0 Å². The van der Waals surface area contributed by atoms with E-state index >= 15 is 0 Å². The van der Waals surface area contributed by atoms with Gasteiger partial charge in [0, 0.05) is 45.0 Å². The number of carbonyl (C=O) groups excluding carboxylic acids is 2. The summed E-state index contributed by atoms with van der Waals surface area (Å²) in [5.74, 6) is 1.17. The van der Waals surface area contributed by atoms with E-state index in [-0.39, 0.29) is 11.8 Å². The minimum atomic E-state index is -0.641. The van der Waals surface area contributed by atoms with E-state index in [2.05, 4.69) is 0 Å². The number of ether oxygens (including phenoxy) is 1. The molecule has 0 aromatic heterocycles. The van der Waals surface area contributed by atoms with Crippen LogP contribution in [0.25, 0.3) is 0 Å². The van der Waals surface area contributed by atoms with Crippen molar-refractivity contribution < 1.29 is 14.3 Å². The minimum absolute atomic E-state index is 0.0958. The fourth-order valence-corrected chi connectivity index (χ4v) is 3.38. The van der Waals surface area contributed by atoms with Crippen LogP contribution in [0.2, 0.25) is 0 Å². The number of thioether (sulfide) groups is 1. The Hall–Kier alpha value is -0.750. The van der Waals surface area contributed by atoms with Crippen LogP contribution in [0.4, 0.5) is 0 Å². The van der Waals surface area contributed by atoms with Crippen LogP contribution in [-0.4, -0.2) is 72.0 Å². The molecule has 0 spiro atoms. The lowest BCUT2D eigenvalue weighted by Gasteiger charge is -2.30. The molecule has 2 aliphatic heterocycles. The van der Waals surface area contributed by atoms with Crippen LogP contribution < -0.4 is 0 Å². The number of carbonyl (C=O) groups is 2. The lowest BCUT2D eigenvalue weighted by Crippen LogP contribution is -2.48. The lowest BCUT2D eigenvalue weighted by atomic mass is 10.0. The highest BCUT2D eigenvalue weighted by Crippen LogP contribution is 2.27. The molecule has 1 unspecified atom stereocenters. The van der Waals surface area contributed by atoms with Crippen molar-refractivity contribution in [2.75, 3.05) is 44.8 Å². The Morgan fingerprint density at radius 2 is 1.86 bits per heavy atom. The van der Waals surface area contributed by atoms with Crippen molar-refractivity contribution in [3.05, 3.63) is 0 Å². The van der Waals surface area contributed by atoms with Gasteiger partial charge in [0.05, 0.1) is 0 Å². The second kappa shape index (κ2) is 7.49. The third-order valence-corrected chi connectivity index (χ3v) is 4.94. The molecule has 2 fully saturated rings. The third kappa shape index (κ3) is 4.13. The van der Waals surface area contributed by atoms with E-state index in [0.717, 1.165) is 38.1 Å². The maximum absolute atomic E-state index is 12.6. The standard InChI is InChI=1S/C15H26N2O3S/c1-15(6-3-11-20-15)14(19)17-8-4-7-16(9-10-17)13(18)5-12-21-2/h3-12H2,1-2H3. The zero-order chi connectivity index (χ0) is 15.3. The molecular weight excluding hydrogens is 288 g/mol. The monoisotopic (exact) mass is 314 g/mol. The first-order chi connectivity index (χ1) is 10.1. The predicted octanol–water partition coefficient (Wildman–Crippen LogP) is 1.37. The van der Waals surface area contributed by atoms with Crippen LogP contribution in [0.5, 0.6) is 0 Å². The molecule has 0 saturated carbocycles. The molecule has 21 heavy (non-hydrogen) atoms. The largest absolute Gasteiger partial charge is 0.365 e. The van der Waals surface area contributed by atoms with Gasteiger partial charge in [-0.15, -0.1) is 0 Å². The average Bonchev–Trinajstić information content (AvgIpc) is 2.78. The van der Waals surface area contributed by atoms with Crippen LogP contribution in [-0.2, 0) is 14.3 Å². The maximum Gasteiger partial charge on any atom is 0.254 e. The summed E-state index contributed by atoms with van der Waals surface area (Å²) in [6.07, 6.45) is 5.22. The third-order valence-electron chi connectivity index (χ3n) is 4.33. The predicted molar refractivity (Wildman–Crippen MR) is 84.4 cm³/mol. The summed E-state index contributed by atoms with van der Waals surface area (Å²) in [7, 11) is 0. The summed E-state index contributed by atoms with van der Waals surface area (Å²) in [6, 6.07) is 0. The van der Waals surface area contributed by atoms with Gasteiger partial charge in [-0.3, -0.25) is 9.59 Å². The normalized spacial score (nSPS) is 26.8. The highest BCUT2D eigenvalue weighted by atomic mass is 32.2. The average molecular weight is 314 g/mol. The SMILES string of the molecule is CSCCC(=O)N1CCCN(C(=O)C2(C)CCCO2)CC1. The summed E-state index contributed by atoms with van der Waals surface area (Å²) in [5.41, 5.74) is -0.641. The Kier molecular flexibility index (Phi) is 5.93. The van der Waals surface area contributed by atoms with E-state index in [1.165, 1.54) is 0 Å². The highest BCUT2D eigenvalue weighted by molar-refractivity contribution is 7.98. The molecule has 0 bridgehead atoms. The first kappa shape index (κ1) is 16.6. The summed E-state index contributed by atoms with van der Waals surface area (Å²) in [4.78, 5) is 28.5. The number of nitrogens with zero attached hydrogens (tertiary/aromatic N) is 2. The molecule has 0 aliphatic carbocycles. The minimum Gasteiger partial charge on any atom is -0.365 e. The molecule has 0 aromatic rings. The second-order valence-electron chi connectivity index (χ2n) is 5.95. The molecule has 2 saturated heterocycles. The zero-order valence-corrected chi connectivity index (χ0v) is 13.9. The van der Waals surface area contributed by atoms with Gasteiger partial charge in [0.2, 0.25) is 5.91 Å². The summed E-state index contributed by atoms with van der Waals surface area (Å²) in [5, 5.41) is 0. The van der Waals surface area contributed by atoms with Gasteiger partial charge < -0.3 is 14.5 Å². The zero-order valence-electron chi connectivity index (χ0n) is 13.1. The molecule has 0 radical (unpaired) electrons.